The summed E-state index contributed by atoms with van der Waals surface area (Å²) in [7, 11) is 0. The summed E-state index contributed by atoms with van der Waals surface area (Å²) in [5.41, 5.74) is 0.714. The molecular weight excluding hydrogens is 252 g/mol. The quantitative estimate of drug-likeness (QED) is 0.656. The molecule has 1 saturated carbocycles. The van der Waals surface area contributed by atoms with Gasteiger partial charge in [0.2, 0.25) is 5.76 Å². The molecule has 1 aliphatic rings. The van der Waals surface area contributed by atoms with Gasteiger partial charge < -0.3 is 9.84 Å². The third-order valence-corrected chi connectivity index (χ3v) is 3.45. The van der Waals surface area contributed by atoms with Crippen molar-refractivity contribution in [2.75, 3.05) is 6.61 Å². The molecule has 1 fully saturated rings. The van der Waals surface area contributed by atoms with E-state index in [0.29, 0.717) is 11.6 Å². The van der Waals surface area contributed by atoms with Crippen LogP contribution in [0, 0.1) is 0 Å². The van der Waals surface area contributed by atoms with E-state index in [1.54, 1.807) is 13.0 Å². The topological polar surface area (TPSA) is 46.5 Å². The summed E-state index contributed by atoms with van der Waals surface area (Å²) >= 11 is 6.17. The van der Waals surface area contributed by atoms with Crippen molar-refractivity contribution in [1.29, 1.82) is 0 Å². The monoisotopic (exact) mass is 266 g/mol. The molecule has 0 unspecified atom stereocenters. The highest BCUT2D eigenvalue weighted by atomic mass is 35.5. The third kappa shape index (κ3) is 2.51. The molecule has 0 saturated heterocycles. The summed E-state index contributed by atoms with van der Waals surface area (Å²) in [5.74, 6) is -1.02. The summed E-state index contributed by atoms with van der Waals surface area (Å²) < 4.78 is 5.16. The van der Waals surface area contributed by atoms with E-state index < -0.39 is 5.97 Å². The molecule has 1 aromatic carbocycles. The van der Waals surface area contributed by atoms with Crippen molar-refractivity contribution in [1.82, 2.24) is 0 Å². The molecule has 18 heavy (non-hydrogen) atoms. The summed E-state index contributed by atoms with van der Waals surface area (Å²) in [4.78, 5) is 11.1. The molecule has 3 nitrogen and oxygen atoms in total. The molecule has 0 radical (unpaired) electrons. The van der Waals surface area contributed by atoms with Crippen LogP contribution in [-0.4, -0.2) is 17.7 Å². The smallest absolute Gasteiger partial charge is 0.370 e. The van der Waals surface area contributed by atoms with Gasteiger partial charge in [0, 0.05) is 10.4 Å². The molecule has 0 aliphatic heterocycles. The summed E-state index contributed by atoms with van der Waals surface area (Å²) in [5, 5.41) is 9.76. The van der Waals surface area contributed by atoms with Crippen LogP contribution in [0.4, 0.5) is 0 Å². The Bertz CT molecular complexity index is 490. The average Bonchev–Trinajstić information content (AvgIpc) is 3.10. The van der Waals surface area contributed by atoms with E-state index >= 15 is 0 Å². The third-order valence-electron chi connectivity index (χ3n) is 3.12. The molecule has 1 aliphatic carbocycles. The first kappa shape index (κ1) is 13.0. The number of benzene rings is 1. The fourth-order valence-electron chi connectivity index (χ4n) is 2.06. The molecular formula is C14H15ClO3. The number of ether oxygens (including phenoxy) is 1. The molecule has 4 heteroatoms. The molecule has 0 bridgehead atoms. The molecule has 0 aromatic heterocycles. The second-order valence-corrected chi connectivity index (χ2v) is 4.79. The van der Waals surface area contributed by atoms with E-state index in [2.05, 4.69) is 0 Å². The van der Waals surface area contributed by atoms with Gasteiger partial charge in [-0.05, 0) is 37.5 Å². The molecule has 0 spiro atoms. The zero-order valence-corrected chi connectivity index (χ0v) is 10.9. The highest BCUT2D eigenvalue weighted by molar-refractivity contribution is 6.31. The van der Waals surface area contributed by atoms with Gasteiger partial charge in [0.05, 0.1) is 6.61 Å². The first-order chi connectivity index (χ1) is 8.59. The van der Waals surface area contributed by atoms with Crippen LogP contribution >= 0.6 is 11.6 Å². The van der Waals surface area contributed by atoms with Gasteiger partial charge in [-0.3, -0.25) is 0 Å². The minimum absolute atomic E-state index is 0.00918. The molecule has 0 atom stereocenters. The molecule has 0 heterocycles. The number of carboxylic acid groups (broad SMARTS) is 1. The molecule has 1 aromatic rings. The summed E-state index contributed by atoms with van der Waals surface area (Å²) in [6, 6.07) is 7.55. The molecule has 0 amide bonds. The van der Waals surface area contributed by atoms with Gasteiger partial charge in [-0.1, -0.05) is 29.8 Å². The van der Waals surface area contributed by atoms with Gasteiger partial charge >= 0.3 is 5.97 Å². The van der Waals surface area contributed by atoms with Crippen molar-refractivity contribution in [3.05, 3.63) is 46.7 Å². The average molecular weight is 267 g/mol. The van der Waals surface area contributed by atoms with E-state index in [9.17, 15) is 4.79 Å². The van der Waals surface area contributed by atoms with Crippen molar-refractivity contribution >= 4 is 17.6 Å². The van der Waals surface area contributed by atoms with Crippen LogP contribution < -0.4 is 0 Å². The minimum Gasteiger partial charge on any atom is -0.487 e. The second-order valence-electron chi connectivity index (χ2n) is 4.38. The zero-order chi connectivity index (χ0) is 13.2. The maximum Gasteiger partial charge on any atom is 0.370 e. The number of allylic oxidation sites excluding steroid dienone is 1. The lowest BCUT2D eigenvalue weighted by Gasteiger charge is -2.14. The fraction of sp³-hybridized carbons (Fsp3) is 0.357. The SMILES string of the molecule is CCOC(=CC1(c2ccccc2Cl)CC1)C(=O)O. The van der Waals surface area contributed by atoms with Crippen LogP contribution in [0.25, 0.3) is 0 Å². The normalized spacial score (nSPS) is 17.3. The first-order valence-corrected chi connectivity index (χ1v) is 6.31. The van der Waals surface area contributed by atoms with Gasteiger partial charge in [-0.15, -0.1) is 0 Å². The van der Waals surface area contributed by atoms with Crippen molar-refractivity contribution in [3.8, 4) is 0 Å². The minimum atomic E-state index is -1.03. The van der Waals surface area contributed by atoms with E-state index in [0.717, 1.165) is 18.4 Å². The Morgan fingerprint density at radius 1 is 1.50 bits per heavy atom. The van der Waals surface area contributed by atoms with Gasteiger partial charge in [0.1, 0.15) is 0 Å². The Balaban J connectivity index is 2.35. The number of halogens is 1. The van der Waals surface area contributed by atoms with Gasteiger partial charge in [0.25, 0.3) is 0 Å². The maximum atomic E-state index is 11.1. The number of rotatable bonds is 5. The Kier molecular flexibility index (Phi) is 3.62. The predicted octanol–water partition coefficient (Wildman–Crippen LogP) is 3.38. The number of carboxylic acids is 1. The highest BCUT2D eigenvalue weighted by Crippen LogP contribution is 2.52. The van der Waals surface area contributed by atoms with Crippen molar-refractivity contribution in [2.24, 2.45) is 0 Å². The van der Waals surface area contributed by atoms with Crippen LogP contribution in [0.5, 0.6) is 0 Å². The van der Waals surface area contributed by atoms with Gasteiger partial charge in [0.15, 0.2) is 0 Å². The number of hydrogen-bond acceptors (Lipinski definition) is 2. The Hall–Kier alpha value is -1.48. The Morgan fingerprint density at radius 2 is 2.17 bits per heavy atom. The van der Waals surface area contributed by atoms with E-state index in [-0.39, 0.29) is 11.2 Å². The molecule has 2 rings (SSSR count). The lowest BCUT2D eigenvalue weighted by molar-refractivity contribution is -0.136. The summed E-state index contributed by atoms with van der Waals surface area (Å²) in [6.07, 6.45) is 3.50. The van der Waals surface area contributed by atoms with Crippen LogP contribution in [0.3, 0.4) is 0 Å². The highest BCUT2D eigenvalue weighted by Gasteiger charge is 2.44. The van der Waals surface area contributed by atoms with Crippen LogP contribution in [-0.2, 0) is 14.9 Å². The van der Waals surface area contributed by atoms with Gasteiger partial charge in [-0.2, -0.15) is 0 Å². The first-order valence-electron chi connectivity index (χ1n) is 5.93. The molecule has 96 valence electrons. The zero-order valence-electron chi connectivity index (χ0n) is 10.1. The Morgan fingerprint density at radius 3 is 2.67 bits per heavy atom. The van der Waals surface area contributed by atoms with Crippen LogP contribution in [0.2, 0.25) is 5.02 Å². The lowest BCUT2D eigenvalue weighted by atomic mass is 9.95. The van der Waals surface area contributed by atoms with Crippen molar-refractivity contribution < 1.29 is 14.6 Å². The second kappa shape index (κ2) is 5.02. The number of aliphatic carboxylic acids is 1. The molecule has 1 N–H and O–H groups in total. The van der Waals surface area contributed by atoms with Crippen LogP contribution in [0.1, 0.15) is 25.3 Å². The van der Waals surface area contributed by atoms with E-state index in [1.807, 2.05) is 24.3 Å². The van der Waals surface area contributed by atoms with E-state index in [4.69, 9.17) is 21.4 Å². The number of carbonyl (C=O) groups is 1. The van der Waals surface area contributed by atoms with Gasteiger partial charge in [-0.25, -0.2) is 4.79 Å². The van der Waals surface area contributed by atoms with Crippen molar-refractivity contribution in [3.63, 3.8) is 0 Å². The predicted molar refractivity (Wildman–Crippen MR) is 69.7 cm³/mol. The van der Waals surface area contributed by atoms with Crippen LogP contribution in [0.15, 0.2) is 36.1 Å². The van der Waals surface area contributed by atoms with E-state index in [1.165, 1.54) is 0 Å². The maximum absolute atomic E-state index is 11.1. The lowest BCUT2D eigenvalue weighted by Crippen LogP contribution is -2.11. The number of hydrogen-bond donors (Lipinski definition) is 1. The Labute approximate surface area is 111 Å². The van der Waals surface area contributed by atoms with Crippen molar-refractivity contribution in [2.45, 2.75) is 25.2 Å². The standard InChI is InChI=1S/C14H15ClO3/c1-2-18-12(13(16)17)9-14(7-8-14)10-5-3-4-6-11(10)15/h3-6,9H,2,7-8H2,1H3,(H,16,17). The largest absolute Gasteiger partial charge is 0.487 e. The fourth-order valence-corrected chi connectivity index (χ4v) is 2.39. The summed E-state index contributed by atoms with van der Waals surface area (Å²) in [6.45, 7) is 2.11.